The first kappa shape index (κ1) is 23.3. The van der Waals surface area contributed by atoms with Crippen LogP contribution in [-0.2, 0) is 14.8 Å². The zero-order valence-corrected chi connectivity index (χ0v) is 18.9. The van der Waals surface area contributed by atoms with Crippen LogP contribution in [0.5, 0.6) is 5.75 Å². The second-order valence-corrected chi connectivity index (χ2v) is 9.23. The zero-order chi connectivity index (χ0) is 23.3. The number of benzene rings is 3. The summed E-state index contributed by atoms with van der Waals surface area (Å²) < 4.78 is 46.2. The zero-order valence-electron chi connectivity index (χ0n) is 18.1. The number of hydrogen-bond donors (Lipinski definition) is 1. The number of nitrogens with zero attached hydrogens (tertiary/aromatic N) is 1. The van der Waals surface area contributed by atoms with Crippen molar-refractivity contribution >= 4 is 21.6 Å². The van der Waals surface area contributed by atoms with Crippen LogP contribution in [0.2, 0.25) is 0 Å². The van der Waals surface area contributed by atoms with E-state index in [1.807, 2.05) is 6.92 Å². The minimum Gasteiger partial charge on any atom is -0.497 e. The summed E-state index contributed by atoms with van der Waals surface area (Å²) in [6.45, 7) is 3.23. The van der Waals surface area contributed by atoms with Gasteiger partial charge in [0.15, 0.2) is 0 Å². The van der Waals surface area contributed by atoms with Gasteiger partial charge in [-0.15, -0.1) is 0 Å². The molecule has 8 heteroatoms. The monoisotopic (exact) mass is 456 g/mol. The molecule has 0 fully saturated rings. The highest BCUT2D eigenvalue weighted by molar-refractivity contribution is 7.92. The van der Waals surface area contributed by atoms with Crippen molar-refractivity contribution in [3.8, 4) is 5.75 Å². The molecule has 0 saturated heterocycles. The molecule has 0 aliphatic carbocycles. The largest absolute Gasteiger partial charge is 0.497 e. The van der Waals surface area contributed by atoms with Crippen LogP contribution >= 0.6 is 0 Å². The summed E-state index contributed by atoms with van der Waals surface area (Å²) in [6.07, 6.45) is 0. The Morgan fingerprint density at radius 3 is 2.16 bits per heavy atom. The second kappa shape index (κ2) is 9.82. The molecule has 0 heterocycles. The first-order chi connectivity index (χ1) is 15.2. The van der Waals surface area contributed by atoms with Crippen molar-refractivity contribution in [1.29, 1.82) is 0 Å². The summed E-state index contributed by atoms with van der Waals surface area (Å²) in [7, 11) is -2.53. The average molecular weight is 457 g/mol. The van der Waals surface area contributed by atoms with Gasteiger partial charge in [-0.3, -0.25) is 9.10 Å². The van der Waals surface area contributed by atoms with E-state index in [2.05, 4.69) is 5.32 Å². The highest BCUT2D eigenvalue weighted by atomic mass is 32.2. The Morgan fingerprint density at radius 2 is 1.59 bits per heavy atom. The van der Waals surface area contributed by atoms with Gasteiger partial charge >= 0.3 is 0 Å². The SMILES string of the molecule is COc1ccc(S(=O)(=O)N(CC(=O)N[C@@H](C)c2ccc(F)cc2)c2ccc(C)cc2)cc1. The fourth-order valence-corrected chi connectivity index (χ4v) is 4.57. The number of carbonyl (C=O) groups excluding carboxylic acids is 1. The predicted octanol–water partition coefficient (Wildman–Crippen LogP) is 4.22. The molecule has 0 unspecified atom stereocenters. The van der Waals surface area contributed by atoms with Crippen LogP contribution in [0, 0.1) is 12.7 Å². The maximum atomic E-state index is 13.4. The van der Waals surface area contributed by atoms with Crippen LogP contribution in [0.1, 0.15) is 24.1 Å². The van der Waals surface area contributed by atoms with Gasteiger partial charge in [-0.05, 0) is 67.9 Å². The number of methoxy groups -OCH3 is 1. The molecule has 32 heavy (non-hydrogen) atoms. The molecule has 6 nitrogen and oxygen atoms in total. The van der Waals surface area contributed by atoms with E-state index >= 15 is 0 Å². The van der Waals surface area contributed by atoms with Crippen LogP contribution in [0.3, 0.4) is 0 Å². The number of amides is 1. The van der Waals surface area contributed by atoms with Gasteiger partial charge in [0.2, 0.25) is 5.91 Å². The van der Waals surface area contributed by atoms with E-state index in [9.17, 15) is 17.6 Å². The van der Waals surface area contributed by atoms with Gasteiger partial charge < -0.3 is 10.1 Å². The molecular formula is C24H25FN2O4S. The molecule has 0 aliphatic heterocycles. The lowest BCUT2D eigenvalue weighted by molar-refractivity contribution is -0.120. The Morgan fingerprint density at radius 1 is 1.00 bits per heavy atom. The maximum Gasteiger partial charge on any atom is 0.264 e. The Kier molecular flexibility index (Phi) is 7.15. The molecule has 3 aromatic carbocycles. The molecule has 0 aliphatic rings. The summed E-state index contributed by atoms with van der Waals surface area (Å²) in [6, 6.07) is 18.2. The van der Waals surface area contributed by atoms with Crippen LogP contribution < -0.4 is 14.4 Å². The number of rotatable bonds is 8. The minimum atomic E-state index is -4.03. The number of nitrogens with one attached hydrogen (secondary N) is 1. The number of ether oxygens (including phenoxy) is 1. The van der Waals surface area contributed by atoms with Crippen molar-refractivity contribution in [3.05, 3.63) is 89.7 Å². The molecule has 0 radical (unpaired) electrons. The lowest BCUT2D eigenvalue weighted by Gasteiger charge is -2.25. The van der Waals surface area contributed by atoms with Gasteiger partial charge in [0, 0.05) is 0 Å². The lowest BCUT2D eigenvalue weighted by Crippen LogP contribution is -2.41. The maximum absolute atomic E-state index is 13.4. The standard InChI is InChI=1S/C24H25FN2O4S/c1-17-4-10-21(11-5-17)27(32(29,30)23-14-12-22(31-3)13-15-23)16-24(28)26-18(2)19-6-8-20(25)9-7-19/h4-15,18H,16H2,1-3H3,(H,26,28)/t18-/m0/s1. The topological polar surface area (TPSA) is 75.7 Å². The molecule has 168 valence electrons. The van der Waals surface area contributed by atoms with E-state index < -0.39 is 28.5 Å². The first-order valence-corrected chi connectivity index (χ1v) is 11.4. The van der Waals surface area contributed by atoms with Gasteiger partial charge in [-0.25, -0.2) is 12.8 Å². The third-order valence-electron chi connectivity index (χ3n) is 5.00. The molecule has 0 aromatic heterocycles. The number of halogens is 1. The van der Waals surface area contributed by atoms with Crippen molar-refractivity contribution in [2.45, 2.75) is 24.8 Å². The van der Waals surface area contributed by atoms with E-state index in [-0.39, 0.29) is 10.7 Å². The molecule has 1 amide bonds. The van der Waals surface area contributed by atoms with E-state index in [0.29, 0.717) is 17.0 Å². The fraction of sp³-hybridized carbons (Fsp3) is 0.208. The summed E-state index contributed by atoms with van der Waals surface area (Å²) in [5.41, 5.74) is 2.04. The van der Waals surface area contributed by atoms with E-state index in [4.69, 9.17) is 4.74 Å². The van der Waals surface area contributed by atoms with Crippen LogP contribution in [-0.4, -0.2) is 28.0 Å². The van der Waals surface area contributed by atoms with Crippen molar-refractivity contribution < 1.29 is 22.3 Å². The van der Waals surface area contributed by atoms with Crippen LogP contribution in [0.4, 0.5) is 10.1 Å². The van der Waals surface area contributed by atoms with Gasteiger partial charge in [0.05, 0.1) is 23.7 Å². The summed E-state index contributed by atoms with van der Waals surface area (Å²) >= 11 is 0. The summed E-state index contributed by atoms with van der Waals surface area (Å²) in [5, 5.41) is 2.78. The fourth-order valence-electron chi connectivity index (χ4n) is 3.15. The van der Waals surface area contributed by atoms with Crippen molar-refractivity contribution in [1.82, 2.24) is 5.32 Å². The molecule has 3 rings (SSSR count). The summed E-state index contributed by atoms with van der Waals surface area (Å²) in [5.74, 6) is -0.334. The third-order valence-corrected chi connectivity index (χ3v) is 6.79. The van der Waals surface area contributed by atoms with Crippen LogP contribution in [0.25, 0.3) is 0 Å². The highest BCUT2D eigenvalue weighted by Crippen LogP contribution is 2.25. The van der Waals surface area contributed by atoms with E-state index in [0.717, 1.165) is 9.87 Å². The molecule has 3 aromatic rings. The average Bonchev–Trinajstić information content (AvgIpc) is 2.78. The number of carbonyl (C=O) groups is 1. The normalized spacial score (nSPS) is 12.1. The number of hydrogen-bond acceptors (Lipinski definition) is 4. The van der Waals surface area contributed by atoms with E-state index in [1.165, 1.54) is 31.4 Å². The molecular weight excluding hydrogens is 431 g/mol. The highest BCUT2D eigenvalue weighted by Gasteiger charge is 2.27. The quantitative estimate of drug-likeness (QED) is 0.551. The van der Waals surface area contributed by atoms with Crippen LogP contribution in [0.15, 0.2) is 77.7 Å². The third kappa shape index (κ3) is 5.45. The lowest BCUT2D eigenvalue weighted by atomic mass is 10.1. The molecule has 0 spiro atoms. The first-order valence-electron chi connectivity index (χ1n) is 9.99. The molecule has 1 atom stereocenters. The molecule has 1 N–H and O–H groups in total. The van der Waals surface area contributed by atoms with Gasteiger partial charge in [-0.2, -0.15) is 0 Å². The van der Waals surface area contributed by atoms with Crippen molar-refractivity contribution in [2.75, 3.05) is 18.0 Å². The molecule has 0 bridgehead atoms. The minimum absolute atomic E-state index is 0.0401. The van der Waals surface area contributed by atoms with Crippen molar-refractivity contribution in [3.63, 3.8) is 0 Å². The number of anilines is 1. The number of aryl methyl sites for hydroxylation is 1. The van der Waals surface area contributed by atoms with Gasteiger partial charge in [0.1, 0.15) is 18.1 Å². The Labute approximate surface area is 187 Å². The van der Waals surface area contributed by atoms with Gasteiger partial charge in [-0.1, -0.05) is 29.8 Å². The Bertz CT molecular complexity index is 1160. The van der Waals surface area contributed by atoms with Crippen molar-refractivity contribution in [2.24, 2.45) is 0 Å². The predicted molar refractivity (Wildman–Crippen MR) is 122 cm³/mol. The smallest absolute Gasteiger partial charge is 0.264 e. The Balaban J connectivity index is 1.87. The molecule has 0 saturated carbocycles. The summed E-state index contributed by atoms with van der Waals surface area (Å²) in [4.78, 5) is 12.9. The van der Waals surface area contributed by atoms with Gasteiger partial charge in [0.25, 0.3) is 10.0 Å². The number of sulfonamides is 1. The van der Waals surface area contributed by atoms with E-state index in [1.54, 1.807) is 55.5 Å². The second-order valence-electron chi connectivity index (χ2n) is 7.36. The Hall–Kier alpha value is -3.39.